The molecule has 0 aromatic heterocycles. The van der Waals surface area contributed by atoms with Crippen LogP contribution >= 0.6 is 0 Å². The molecule has 0 saturated heterocycles. The van der Waals surface area contributed by atoms with Crippen molar-refractivity contribution < 1.29 is 19.0 Å². The molecule has 2 N–H and O–H groups in total. The topological polar surface area (TPSA) is 58.6 Å². The van der Waals surface area contributed by atoms with Crippen LogP contribution in [0.15, 0.2) is 30.5 Å². The molecule has 2 rings (SSSR count). The Morgan fingerprint density at radius 1 is 1.56 bits per heavy atom. The Morgan fingerprint density at radius 3 is 3.06 bits per heavy atom. The van der Waals surface area contributed by atoms with Gasteiger partial charge in [-0.25, -0.2) is 9.18 Å². The van der Waals surface area contributed by atoms with E-state index in [0.29, 0.717) is 6.54 Å². The van der Waals surface area contributed by atoms with Gasteiger partial charge in [-0.05, 0) is 37.1 Å². The van der Waals surface area contributed by atoms with Crippen molar-refractivity contribution in [3.63, 3.8) is 0 Å². The fourth-order valence-electron chi connectivity index (χ4n) is 1.75. The van der Waals surface area contributed by atoms with Gasteiger partial charge < -0.3 is 15.2 Å². The summed E-state index contributed by atoms with van der Waals surface area (Å²) in [5.41, 5.74) is 0.247. The molecule has 5 heteroatoms. The van der Waals surface area contributed by atoms with E-state index in [0.717, 1.165) is 18.9 Å². The van der Waals surface area contributed by atoms with Gasteiger partial charge in [-0.3, -0.25) is 0 Å². The lowest BCUT2D eigenvalue weighted by atomic mass is 10.1. The summed E-state index contributed by atoms with van der Waals surface area (Å²) in [5.74, 6) is -1.54. The van der Waals surface area contributed by atoms with Gasteiger partial charge in [0.15, 0.2) is 0 Å². The van der Waals surface area contributed by atoms with Gasteiger partial charge in [-0.1, -0.05) is 0 Å². The lowest BCUT2D eigenvalue weighted by Gasteiger charge is -2.20. The zero-order chi connectivity index (χ0) is 13.0. The number of halogens is 1. The molecule has 0 fully saturated rings. The quantitative estimate of drug-likeness (QED) is 0.863. The lowest BCUT2D eigenvalue weighted by Crippen LogP contribution is -2.23. The number of hydrogen-bond donors (Lipinski definition) is 2. The maximum atomic E-state index is 13.5. The summed E-state index contributed by atoms with van der Waals surface area (Å²) in [4.78, 5) is 10.8. The predicted molar refractivity (Wildman–Crippen MR) is 65.1 cm³/mol. The van der Waals surface area contributed by atoms with E-state index >= 15 is 0 Å². The smallest absolute Gasteiger partial charge is 0.335 e. The number of rotatable bonds is 4. The zero-order valence-corrected chi connectivity index (χ0v) is 9.73. The molecule has 1 atom stereocenters. The molecule has 0 bridgehead atoms. The van der Waals surface area contributed by atoms with E-state index < -0.39 is 11.8 Å². The van der Waals surface area contributed by atoms with Crippen molar-refractivity contribution in [3.8, 4) is 0 Å². The number of nitrogens with one attached hydrogen (secondary N) is 1. The summed E-state index contributed by atoms with van der Waals surface area (Å²) in [5, 5.41) is 11.7. The number of benzene rings is 1. The molecule has 0 saturated carbocycles. The Balaban J connectivity index is 2.01. The van der Waals surface area contributed by atoms with Gasteiger partial charge in [0.2, 0.25) is 0 Å². The number of anilines is 1. The Bertz CT molecular complexity index is 473. The highest BCUT2D eigenvalue weighted by Gasteiger charge is 2.13. The van der Waals surface area contributed by atoms with Crippen LogP contribution < -0.4 is 5.32 Å². The molecule has 0 amide bonds. The fourth-order valence-corrected chi connectivity index (χ4v) is 1.75. The van der Waals surface area contributed by atoms with Crippen LogP contribution in [0.25, 0.3) is 0 Å². The van der Waals surface area contributed by atoms with Gasteiger partial charge in [0, 0.05) is 0 Å². The largest absolute Gasteiger partial charge is 0.497 e. The number of carbonyl (C=O) groups is 1. The van der Waals surface area contributed by atoms with E-state index in [2.05, 4.69) is 5.32 Å². The number of allylic oxidation sites excluding steroid dienone is 1. The summed E-state index contributed by atoms with van der Waals surface area (Å²) < 4.78 is 18.8. The van der Waals surface area contributed by atoms with Crippen molar-refractivity contribution in [1.82, 2.24) is 0 Å². The minimum atomic E-state index is -1.07. The molecule has 1 aromatic carbocycles. The standard InChI is InChI=1S/C13H14FNO3/c14-11-5-4-9(13(16)17)7-12(11)15-8-10-3-1-2-6-18-10/h2,4-7,10,15H,1,3,8H2,(H,16,17). The van der Waals surface area contributed by atoms with Crippen molar-refractivity contribution in [3.05, 3.63) is 41.9 Å². The molecule has 4 nitrogen and oxygen atoms in total. The molecule has 1 aliphatic heterocycles. The average molecular weight is 251 g/mol. The lowest BCUT2D eigenvalue weighted by molar-refractivity contribution is 0.0697. The molecule has 0 spiro atoms. The van der Waals surface area contributed by atoms with E-state index in [1.54, 1.807) is 6.26 Å². The molecule has 1 unspecified atom stereocenters. The number of hydrogen-bond acceptors (Lipinski definition) is 3. The van der Waals surface area contributed by atoms with Crippen LogP contribution in [0.2, 0.25) is 0 Å². The molecule has 96 valence electrons. The first-order valence-corrected chi connectivity index (χ1v) is 5.74. The van der Waals surface area contributed by atoms with Crippen molar-refractivity contribution >= 4 is 11.7 Å². The molecular weight excluding hydrogens is 237 g/mol. The Hall–Kier alpha value is -2.04. The molecule has 1 aliphatic rings. The monoisotopic (exact) mass is 251 g/mol. The third-order valence-corrected chi connectivity index (χ3v) is 2.76. The second kappa shape index (κ2) is 5.53. The third kappa shape index (κ3) is 3.00. The van der Waals surface area contributed by atoms with Crippen LogP contribution in [-0.2, 0) is 4.74 Å². The highest BCUT2D eigenvalue weighted by molar-refractivity contribution is 5.88. The fraction of sp³-hybridized carbons (Fsp3) is 0.308. The number of ether oxygens (including phenoxy) is 1. The third-order valence-electron chi connectivity index (χ3n) is 2.76. The first-order valence-electron chi connectivity index (χ1n) is 5.74. The first kappa shape index (κ1) is 12.4. The average Bonchev–Trinajstić information content (AvgIpc) is 2.38. The Kier molecular flexibility index (Phi) is 3.82. The van der Waals surface area contributed by atoms with Crippen LogP contribution in [0.1, 0.15) is 23.2 Å². The van der Waals surface area contributed by atoms with Gasteiger partial charge in [-0.2, -0.15) is 0 Å². The van der Waals surface area contributed by atoms with Crippen LogP contribution in [0.4, 0.5) is 10.1 Å². The van der Waals surface area contributed by atoms with E-state index in [-0.39, 0.29) is 17.4 Å². The van der Waals surface area contributed by atoms with Crippen LogP contribution in [0, 0.1) is 5.82 Å². The van der Waals surface area contributed by atoms with Crippen LogP contribution in [-0.4, -0.2) is 23.7 Å². The normalized spacial score (nSPS) is 18.2. The molecule has 18 heavy (non-hydrogen) atoms. The van der Waals surface area contributed by atoms with Gasteiger partial charge in [0.05, 0.1) is 24.1 Å². The molecule has 1 aromatic rings. The van der Waals surface area contributed by atoms with E-state index in [1.165, 1.54) is 12.1 Å². The highest BCUT2D eigenvalue weighted by atomic mass is 19.1. The second-order valence-electron chi connectivity index (χ2n) is 4.09. The summed E-state index contributed by atoms with van der Waals surface area (Å²) in [7, 11) is 0. The van der Waals surface area contributed by atoms with Gasteiger partial charge in [0.25, 0.3) is 0 Å². The number of carboxylic acid groups (broad SMARTS) is 1. The van der Waals surface area contributed by atoms with Crippen molar-refractivity contribution in [1.29, 1.82) is 0 Å². The molecule has 0 aliphatic carbocycles. The van der Waals surface area contributed by atoms with E-state index in [4.69, 9.17) is 9.84 Å². The second-order valence-corrected chi connectivity index (χ2v) is 4.09. The SMILES string of the molecule is O=C(O)c1ccc(F)c(NCC2CCC=CO2)c1. The first-order chi connectivity index (χ1) is 8.66. The summed E-state index contributed by atoms with van der Waals surface area (Å²) in [6.07, 6.45) is 5.36. The maximum Gasteiger partial charge on any atom is 0.335 e. The van der Waals surface area contributed by atoms with Gasteiger partial charge in [0.1, 0.15) is 11.9 Å². The zero-order valence-electron chi connectivity index (χ0n) is 9.73. The van der Waals surface area contributed by atoms with Gasteiger partial charge >= 0.3 is 5.97 Å². The van der Waals surface area contributed by atoms with Crippen LogP contribution in [0.3, 0.4) is 0 Å². The summed E-state index contributed by atoms with van der Waals surface area (Å²) in [6.45, 7) is 0.449. The molecule has 1 heterocycles. The van der Waals surface area contributed by atoms with Crippen molar-refractivity contribution in [2.45, 2.75) is 18.9 Å². The minimum Gasteiger partial charge on any atom is -0.497 e. The van der Waals surface area contributed by atoms with E-state index in [1.807, 2.05) is 6.08 Å². The van der Waals surface area contributed by atoms with Crippen LogP contribution in [0.5, 0.6) is 0 Å². The van der Waals surface area contributed by atoms with Gasteiger partial charge in [-0.15, -0.1) is 0 Å². The Labute approximate surface area is 104 Å². The van der Waals surface area contributed by atoms with Crippen molar-refractivity contribution in [2.75, 3.05) is 11.9 Å². The number of aromatic carboxylic acids is 1. The molecular formula is C13H14FNO3. The minimum absolute atomic E-state index is 0.0112. The molecule has 0 radical (unpaired) electrons. The summed E-state index contributed by atoms with van der Waals surface area (Å²) >= 11 is 0. The maximum absolute atomic E-state index is 13.5. The predicted octanol–water partition coefficient (Wildman–Crippen LogP) is 2.63. The Morgan fingerprint density at radius 2 is 2.39 bits per heavy atom. The highest BCUT2D eigenvalue weighted by Crippen LogP contribution is 2.18. The van der Waals surface area contributed by atoms with Crippen molar-refractivity contribution in [2.24, 2.45) is 0 Å². The van der Waals surface area contributed by atoms with E-state index in [9.17, 15) is 9.18 Å². The number of carboxylic acids is 1. The summed E-state index contributed by atoms with van der Waals surface area (Å²) in [6, 6.07) is 3.67.